The van der Waals surface area contributed by atoms with Crippen LogP contribution in [0.3, 0.4) is 0 Å². The van der Waals surface area contributed by atoms with E-state index in [0.717, 1.165) is 5.56 Å². The molecule has 0 radical (unpaired) electrons. The van der Waals surface area contributed by atoms with Crippen LogP contribution < -0.4 is 5.32 Å². The quantitative estimate of drug-likeness (QED) is 0.711. The molecule has 1 aliphatic heterocycles. The second-order valence-corrected chi connectivity index (χ2v) is 6.66. The van der Waals surface area contributed by atoms with Gasteiger partial charge in [0.2, 0.25) is 5.91 Å². The molecule has 1 saturated heterocycles. The lowest BCUT2D eigenvalue weighted by molar-refractivity contribution is -0.128. The summed E-state index contributed by atoms with van der Waals surface area (Å²) in [7, 11) is 0. The minimum atomic E-state index is -0.335. The summed E-state index contributed by atoms with van der Waals surface area (Å²) in [6, 6.07) is 12.9. The maximum absolute atomic E-state index is 13.4. The molecule has 2 aromatic carbocycles. The van der Waals surface area contributed by atoms with Gasteiger partial charge < -0.3 is 10.2 Å². The molecule has 0 spiro atoms. The summed E-state index contributed by atoms with van der Waals surface area (Å²) in [5, 5.41) is 9.49. The first-order chi connectivity index (χ1) is 13.6. The van der Waals surface area contributed by atoms with Crippen molar-refractivity contribution in [2.45, 2.75) is 19.0 Å². The molecular weight excluding hydrogens is 361 g/mol. The molecule has 7 nitrogen and oxygen atoms in total. The molecule has 0 saturated carbocycles. The molecule has 1 aromatic heterocycles. The van der Waals surface area contributed by atoms with Crippen molar-refractivity contribution in [3.8, 4) is 11.4 Å². The maximum Gasteiger partial charge on any atom is 0.252 e. The first kappa shape index (κ1) is 17.8. The number of hydrogen-bond acceptors (Lipinski definition) is 4. The van der Waals surface area contributed by atoms with Crippen LogP contribution in [0.1, 0.15) is 22.3 Å². The van der Waals surface area contributed by atoms with E-state index in [0.29, 0.717) is 30.0 Å². The fourth-order valence-electron chi connectivity index (χ4n) is 3.36. The first-order valence-corrected chi connectivity index (χ1v) is 8.88. The second kappa shape index (κ2) is 7.59. The lowest BCUT2D eigenvalue weighted by Gasteiger charge is -2.17. The predicted octanol–water partition coefficient (Wildman–Crippen LogP) is 2.14. The second-order valence-electron chi connectivity index (χ2n) is 6.66. The molecule has 1 aliphatic rings. The number of amides is 2. The number of halogens is 1. The molecule has 0 unspecified atom stereocenters. The molecule has 2 heterocycles. The summed E-state index contributed by atoms with van der Waals surface area (Å²) in [6.45, 7) is 0.698. The van der Waals surface area contributed by atoms with E-state index < -0.39 is 0 Å². The third kappa shape index (κ3) is 3.75. The van der Waals surface area contributed by atoms with Crippen molar-refractivity contribution in [2.24, 2.45) is 0 Å². The summed E-state index contributed by atoms with van der Waals surface area (Å²) in [6.07, 6.45) is 1.59. The van der Waals surface area contributed by atoms with E-state index in [1.165, 1.54) is 18.5 Å². The van der Waals surface area contributed by atoms with Crippen LogP contribution in [0.15, 0.2) is 54.9 Å². The summed E-state index contributed by atoms with van der Waals surface area (Å²) >= 11 is 0. The third-order valence-electron chi connectivity index (χ3n) is 4.65. The van der Waals surface area contributed by atoms with E-state index in [2.05, 4.69) is 20.5 Å². The van der Waals surface area contributed by atoms with Gasteiger partial charge >= 0.3 is 0 Å². The van der Waals surface area contributed by atoms with Crippen molar-refractivity contribution in [1.29, 1.82) is 0 Å². The van der Waals surface area contributed by atoms with Crippen LogP contribution >= 0.6 is 0 Å². The smallest absolute Gasteiger partial charge is 0.252 e. The highest BCUT2D eigenvalue weighted by Crippen LogP contribution is 2.21. The maximum atomic E-state index is 13.4. The first-order valence-electron chi connectivity index (χ1n) is 8.88. The van der Waals surface area contributed by atoms with E-state index in [-0.39, 0.29) is 30.1 Å². The van der Waals surface area contributed by atoms with Crippen LogP contribution in [-0.2, 0) is 11.3 Å². The fourth-order valence-corrected chi connectivity index (χ4v) is 3.36. The molecule has 4 rings (SSSR count). The molecule has 0 aliphatic carbocycles. The average Bonchev–Trinajstić information content (AvgIpc) is 3.32. The SMILES string of the molecule is O=C(N[C@H]1CC(=O)N(Cc2cccc(F)c2)C1)c1ccccc1-c1ncn[nH]1. The minimum Gasteiger partial charge on any atom is -0.347 e. The van der Waals surface area contributed by atoms with E-state index in [1.807, 2.05) is 6.07 Å². The van der Waals surface area contributed by atoms with Gasteiger partial charge in [0.25, 0.3) is 5.91 Å². The van der Waals surface area contributed by atoms with Crippen LogP contribution in [0, 0.1) is 5.82 Å². The minimum absolute atomic E-state index is 0.0712. The Hall–Kier alpha value is -3.55. The van der Waals surface area contributed by atoms with Crippen LogP contribution in [0.25, 0.3) is 11.4 Å². The molecule has 0 bridgehead atoms. The van der Waals surface area contributed by atoms with Gasteiger partial charge in [-0.15, -0.1) is 0 Å². The lowest BCUT2D eigenvalue weighted by Crippen LogP contribution is -2.37. The van der Waals surface area contributed by atoms with Gasteiger partial charge in [-0.05, 0) is 23.8 Å². The van der Waals surface area contributed by atoms with Crippen molar-refractivity contribution < 1.29 is 14.0 Å². The number of likely N-dealkylation sites (tertiary alicyclic amines) is 1. The largest absolute Gasteiger partial charge is 0.347 e. The molecule has 142 valence electrons. The zero-order valence-electron chi connectivity index (χ0n) is 14.9. The van der Waals surface area contributed by atoms with E-state index in [1.54, 1.807) is 35.2 Å². The number of hydrogen-bond donors (Lipinski definition) is 2. The molecule has 8 heteroatoms. The van der Waals surface area contributed by atoms with Gasteiger partial charge in [-0.25, -0.2) is 9.37 Å². The Labute approximate surface area is 160 Å². The van der Waals surface area contributed by atoms with Crippen molar-refractivity contribution in [3.63, 3.8) is 0 Å². The molecule has 1 atom stereocenters. The Morgan fingerprint density at radius 2 is 2.11 bits per heavy atom. The van der Waals surface area contributed by atoms with Crippen molar-refractivity contribution in [2.75, 3.05) is 6.54 Å². The molecule has 2 N–H and O–H groups in total. The highest BCUT2D eigenvalue weighted by molar-refractivity contribution is 6.00. The standard InChI is InChI=1S/C20H18FN5O2/c21-14-5-3-4-13(8-14)10-26-11-15(9-18(26)27)24-20(28)17-7-2-1-6-16(17)19-22-12-23-25-19/h1-8,12,15H,9-11H2,(H,24,28)(H,22,23,25)/t15-/m0/s1. The van der Waals surface area contributed by atoms with E-state index in [9.17, 15) is 14.0 Å². The number of aromatic amines is 1. The fraction of sp³-hybridized carbons (Fsp3) is 0.200. The van der Waals surface area contributed by atoms with Crippen LogP contribution in [0.4, 0.5) is 4.39 Å². The molecular formula is C20H18FN5O2. The number of H-pyrrole nitrogens is 1. The highest BCUT2D eigenvalue weighted by Gasteiger charge is 2.31. The number of benzene rings is 2. The zero-order valence-corrected chi connectivity index (χ0v) is 14.9. The number of nitrogens with one attached hydrogen (secondary N) is 2. The molecule has 2 amide bonds. The van der Waals surface area contributed by atoms with Gasteiger partial charge in [-0.1, -0.05) is 30.3 Å². The summed E-state index contributed by atoms with van der Waals surface area (Å²) in [4.78, 5) is 30.8. The monoisotopic (exact) mass is 379 g/mol. The van der Waals surface area contributed by atoms with E-state index >= 15 is 0 Å². The van der Waals surface area contributed by atoms with Gasteiger partial charge in [0, 0.05) is 25.1 Å². The van der Waals surface area contributed by atoms with Gasteiger partial charge in [-0.2, -0.15) is 5.10 Å². The van der Waals surface area contributed by atoms with Gasteiger partial charge in [0.05, 0.1) is 11.6 Å². The predicted molar refractivity (Wildman–Crippen MR) is 99.5 cm³/mol. The highest BCUT2D eigenvalue weighted by atomic mass is 19.1. The number of aromatic nitrogens is 3. The van der Waals surface area contributed by atoms with Crippen LogP contribution in [0.2, 0.25) is 0 Å². The zero-order chi connectivity index (χ0) is 19.5. The number of rotatable bonds is 5. The Balaban J connectivity index is 1.44. The third-order valence-corrected chi connectivity index (χ3v) is 4.65. The lowest BCUT2D eigenvalue weighted by atomic mass is 10.1. The molecule has 28 heavy (non-hydrogen) atoms. The van der Waals surface area contributed by atoms with Crippen LogP contribution in [0.5, 0.6) is 0 Å². The van der Waals surface area contributed by atoms with Crippen molar-refractivity contribution in [1.82, 2.24) is 25.4 Å². The van der Waals surface area contributed by atoms with Crippen molar-refractivity contribution >= 4 is 11.8 Å². The molecule has 3 aromatic rings. The Bertz CT molecular complexity index is 1010. The van der Waals surface area contributed by atoms with E-state index in [4.69, 9.17) is 0 Å². The normalized spacial score (nSPS) is 16.4. The van der Waals surface area contributed by atoms with Gasteiger partial charge in [0.15, 0.2) is 5.82 Å². The van der Waals surface area contributed by atoms with Gasteiger partial charge in [-0.3, -0.25) is 14.7 Å². The Kier molecular flexibility index (Phi) is 4.84. The number of carbonyl (C=O) groups excluding carboxylic acids is 2. The summed E-state index contributed by atoms with van der Waals surface area (Å²) in [5.74, 6) is -0.186. The Morgan fingerprint density at radius 1 is 1.25 bits per heavy atom. The van der Waals surface area contributed by atoms with Crippen LogP contribution in [-0.4, -0.2) is 44.5 Å². The number of carbonyl (C=O) groups is 2. The van der Waals surface area contributed by atoms with Gasteiger partial charge in [0.1, 0.15) is 12.1 Å². The van der Waals surface area contributed by atoms with Crippen molar-refractivity contribution in [3.05, 3.63) is 71.8 Å². The summed E-state index contributed by atoms with van der Waals surface area (Å²) < 4.78 is 13.4. The number of nitrogens with zero attached hydrogens (tertiary/aromatic N) is 3. The Morgan fingerprint density at radius 3 is 2.89 bits per heavy atom. The average molecular weight is 379 g/mol. The topological polar surface area (TPSA) is 91.0 Å². The molecule has 1 fully saturated rings. The summed E-state index contributed by atoms with van der Waals surface area (Å²) in [5.41, 5.74) is 1.81.